The highest BCUT2D eigenvalue weighted by molar-refractivity contribution is 9.10. The molecule has 1 saturated heterocycles. The number of benzene rings is 2. The van der Waals surface area contributed by atoms with Gasteiger partial charge in [0, 0.05) is 35.5 Å². The van der Waals surface area contributed by atoms with Crippen molar-refractivity contribution in [1.82, 2.24) is 4.90 Å². The molecule has 6 heteroatoms. The van der Waals surface area contributed by atoms with Crippen molar-refractivity contribution in [1.29, 1.82) is 0 Å². The first kappa shape index (κ1) is 17.9. The molecule has 1 fully saturated rings. The number of nitrogens with zero attached hydrogens (tertiary/aromatic N) is 1. The summed E-state index contributed by atoms with van der Waals surface area (Å²) in [6.07, 6.45) is 0. The van der Waals surface area contributed by atoms with Gasteiger partial charge in [-0.25, -0.2) is 0 Å². The van der Waals surface area contributed by atoms with Crippen molar-refractivity contribution >= 4 is 33.2 Å². The van der Waals surface area contributed by atoms with E-state index in [9.17, 15) is 4.79 Å². The third-order valence-electron chi connectivity index (χ3n) is 4.04. The highest BCUT2D eigenvalue weighted by Crippen LogP contribution is 2.15. The first-order chi connectivity index (χ1) is 12.2. The van der Waals surface area contributed by atoms with E-state index in [1.54, 1.807) is 0 Å². The van der Waals surface area contributed by atoms with Gasteiger partial charge in [0.1, 0.15) is 0 Å². The molecule has 2 N–H and O–H groups in total. The largest absolute Gasteiger partial charge is 0.379 e. The minimum absolute atomic E-state index is 0.0659. The number of rotatable bonds is 6. The molecule has 0 aromatic heterocycles. The molecule has 1 aliphatic rings. The van der Waals surface area contributed by atoms with Crippen LogP contribution < -0.4 is 10.6 Å². The lowest BCUT2D eigenvalue weighted by atomic mass is 10.2. The maximum Gasteiger partial charge on any atom is 0.243 e. The second-order valence-electron chi connectivity index (χ2n) is 5.99. The van der Waals surface area contributed by atoms with E-state index in [-0.39, 0.29) is 12.5 Å². The van der Waals surface area contributed by atoms with Crippen molar-refractivity contribution in [2.24, 2.45) is 0 Å². The van der Waals surface area contributed by atoms with Crippen LogP contribution in [-0.4, -0.2) is 43.7 Å². The summed E-state index contributed by atoms with van der Waals surface area (Å²) < 4.78 is 6.38. The monoisotopic (exact) mass is 403 g/mol. The number of hydrogen-bond acceptors (Lipinski definition) is 4. The molecule has 3 rings (SSSR count). The smallest absolute Gasteiger partial charge is 0.243 e. The maximum atomic E-state index is 12.0. The van der Waals surface area contributed by atoms with Crippen molar-refractivity contribution in [3.63, 3.8) is 0 Å². The second-order valence-corrected chi connectivity index (χ2v) is 6.91. The van der Waals surface area contributed by atoms with E-state index in [4.69, 9.17) is 4.74 Å². The van der Waals surface area contributed by atoms with Gasteiger partial charge in [-0.2, -0.15) is 0 Å². The molecule has 0 radical (unpaired) electrons. The predicted octanol–water partition coefficient (Wildman–Crippen LogP) is 3.33. The normalized spacial score (nSPS) is 14.9. The topological polar surface area (TPSA) is 53.6 Å². The molecule has 2 aromatic carbocycles. The SMILES string of the molecule is O=C(CNc1ccc(Br)cc1)Nc1ccc(CN2CCOCC2)cc1. The molecule has 132 valence electrons. The van der Waals surface area contributed by atoms with Crippen LogP contribution in [0.2, 0.25) is 0 Å². The van der Waals surface area contributed by atoms with Gasteiger partial charge in [0.2, 0.25) is 5.91 Å². The number of carbonyl (C=O) groups is 1. The zero-order valence-electron chi connectivity index (χ0n) is 14.0. The van der Waals surface area contributed by atoms with E-state index in [0.717, 1.165) is 48.7 Å². The molecule has 0 aliphatic carbocycles. The van der Waals surface area contributed by atoms with Crippen LogP contribution in [0.4, 0.5) is 11.4 Å². The Morgan fingerprint density at radius 1 is 1.00 bits per heavy atom. The zero-order chi connectivity index (χ0) is 17.5. The molecule has 25 heavy (non-hydrogen) atoms. The van der Waals surface area contributed by atoms with E-state index >= 15 is 0 Å². The third-order valence-corrected chi connectivity index (χ3v) is 4.57. The Morgan fingerprint density at radius 3 is 2.32 bits per heavy atom. The van der Waals surface area contributed by atoms with Gasteiger partial charge in [-0.15, -0.1) is 0 Å². The maximum absolute atomic E-state index is 12.0. The summed E-state index contributed by atoms with van der Waals surface area (Å²) in [4.78, 5) is 14.4. The molecule has 0 saturated carbocycles. The van der Waals surface area contributed by atoms with Crippen LogP contribution in [0.1, 0.15) is 5.56 Å². The van der Waals surface area contributed by atoms with Crippen LogP contribution in [0.5, 0.6) is 0 Å². The molecule has 1 heterocycles. The van der Waals surface area contributed by atoms with E-state index in [0.29, 0.717) is 0 Å². The molecule has 0 bridgehead atoms. The van der Waals surface area contributed by atoms with Crippen LogP contribution in [0.3, 0.4) is 0 Å². The summed E-state index contributed by atoms with van der Waals surface area (Å²) in [5.41, 5.74) is 2.97. The van der Waals surface area contributed by atoms with Gasteiger partial charge in [0.25, 0.3) is 0 Å². The fourth-order valence-electron chi connectivity index (χ4n) is 2.67. The number of nitrogens with one attached hydrogen (secondary N) is 2. The van der Waals surface area contributed by atoms with Gasteiger partial charge in [-0.1, -0.05) is 28.1 Å². The van der Waals surface area contributed by atoms with E-state index < -0.39 is 0 Å². The molecule has 0 unspecified atom stereocenters. The Bertz CT molecular complexity index is 683. The Balaban J connectivity index is 1.45. The molecule has 5 nitrogen and oxygen atoms in total. The zero-order valence-corrected chi connectivity index (χ0v) is 15.6. The van der Waals surface area contributed by atoms with Crippen LogP contribution in [0.15, 0.2) is 53.0 Å². The predicted molar refractivity (Wildman–Crippen MR) is 104 cm³/mol. The number of carbonyl (C=O) groups excluding carboxylic acids is 1. The fourth-order valence-corrected chi connectivity index (χ4v) is 2.93. The minimum atomic E-state index is -0.0659. The molecule has 1 aliphatic heterocycles. The summed E-state index contributed by atoms with van der Waals surface area (Å²) in [7, 11) is 0. The van der Waals surface area contributed by atoms with Crippen molar-refractivity contribution in [2.75, 3.05) is 43.5 Å². The average Bonchev–Trinajstić information content (AvgIpc) is 2.64. The first-order valence-electron chi connectivity index (χ1n) is 8.37. The molecule has 2 aromatic rings. The molecule has 1 amide bonds. The van der Waals surface area contributed by atoms with Gasteiger partial charge in [-0.3, -0.25) is 9.69 Å². The van der Waals surface area contributed by atoms with Crippen LogP contribution >= 0.6 is 15.9 Å². The molecule has 0 spiro atoms. The van der Waals surface area contributed by atoms with Gasteiger partial charge >= 0.3 is 0 Å². The number of halogens is 1. The molecular formula is C19H22BrN3O2. The summed E-state index contributed by atoms with van der Waals surface area (Å²) in [6, 6.07) is 15.8. The van der Waals surface area contributed by atoms with Gasteiger partial charge in [0.05, 0.1) is 19.8 Å². The lowest BCUT2D eigenvalue weighted by Gasteiger charge is -2.26. The number of ether oxygens (including phenoxy) is 1. The number of anilines is 2. The Hall–Kier alpha value is -1.89. The lowest BCUT2D eigenvalue weighted by Crippen LogP contribution is -2.35. The van der Waals surface area contributed by atoms with Crippen LogP contribution in [0.25, 0.3) is 0 Å². The third kappa shape index (κ3) is 5.85. The van der Waals surface area contributed by atoms with E-state index in [2.05, 4.69) is 43.6 Å². The number of amides is 1. The van der Waals surface area contributed by atoms with Crippen molar-refractivity contribution in [2.45, 2.75) is 6.54 Å². The summed E-state index contributed by atoms with van der Waals surface area (Å²) >= 11 is 3.39. The van der Waals surface area contributed by atoms with E-state index in [1.807, 2.05) is 36.4 Å². The van der Waals surface area contributed by atoms with Gasteiger partial charge < -0.3 is 15.4 Å². The average molecular weight is 404 g/mol. The van der Waals surface area contributed by atoms with Gasteiger partial charge in [-0.05, 0) is 42.0 Å². The van der Waals surface area contributed by atoms with Crippen molar-refractivity contribution in [3.8, 4) is 0 Å². The Morgan fingerprint density at radius 2 is 1.64 bits per heavy atom. The van der Waals surface area contributed by atoms with Gasteiger partial charge in [0.15, 0.2) is 0 Å². The standard InChI is InChI=1S/C19H22BrN3O2/c20-16-3-7-17(8-4-16)21-13-19(24)22-18-5-1-15(2-6-18)14-23-9-11-25-12-10-23/h1-8,21H,9-14H2,(H,22,24). The summed E-state index contributed by atoms with van der Waals surface area (Å²) in [6.45, 7) is 4.71. The van der Waals surface area contributed by atoms with Crippen LogP contribution in [-0.2, 0) is 16.1 Å². The summed E-state index contributed by atoms with van der Waals surface area (Å²) in [5, 5.41) is 6.02. The Labute approximate surface area is 156 Å². The van der Waals surface area contributed by atoms with Crippen LogP contribution in [0, 0.1) is 0 Å². The fraction of sp³-hybridized carbons (Fsp3) is 0.316. The number of morpholine rings is 1. The highest BCUT2D eigenvalue weighted by atomic mass is 79.9. The number of hydrogen-bond donors (Lipinski definition) is 2. The highest BCUT2D eigenvalue weighted by Gasteiger charge is 2.10. The van der Waals surface area contributed by atoms with E-state index in [1.165, 1.54) is 5.56 Å². The first-order valence-corrected chi connectivity index (χ1v) is 9.17. The second kappa shape index (κ2) is 8.99. The minimum Gasteiger partial charge on any atom is -0.379 e. The summed E-state index contributed by atoms with van der Waals surface area (Å²) in [5.74, 6) is -0.0659. The Kier molecular flexibility index (Phi) is 6.44. The van der Waals surface area contributed by atoms with Crippen molar-refractivity contribution in [3.05, 3.63) is 58.6 Å². The molecule has 0 atom stereocenters. The van der Waals surface area contributed by atoms with Crippen molar-refractivity contribution < 1.29 is 9.53 Å². The quantitative estimate of drug-likeness (QED) is 0.776. The lowest BCUT2D eigenvalue weighted by molar-refractivity contribution is -0.114. The molecular weight excluding hydrogens is 382 g/mol.